The lowest BCUT2D eigenvalue weighted by atomic mass is 9.99. The minimum absolute atomic E-state index is 0.636. The van der Waals surface area contributed by atoms with E-state index in [9.17, 15) is 0 Å². The molecule has 0 saturated heterocycles. The minimum Gasteiger partial charge on any atom is -0.385 e. The first kappa shape index (κ1) is 12.4. The fourth-order valence-corrected chi connectivity index (χ4v) is 2.49. The van der Waals surface area contributed by atoms with E-state index in [0.717, 1.165) is 19.6 Å². The van der Waals surface area contributed by atoms with Crippen molar-refractivity contribution in [2.45, 2.75) is 25.8 Å². The monoisotopic (exact) mass is 234 g/mol. The Bertz CT molecular complexity index is 365. The molecular weight excluding hydrogens is 212 g/mol. The fourth-order valence-electron chi connectivity index (χ4n) is 2.49. The van der Waals surface area contributed by atoms with Crippen LogP contribution in [0.3, 0.4) is 0 Å². The Labute approximate surface area is 104 Å². The maximum atomic E-state index is 5.69. The van der Waals surface area contributed by atoms with E-state index in [1.165, 1.54) is 36.2 Å². The highest BCUT2D eigenvalue weighted by Crippen LogP contribution is 2.28. The number of rotatable bonds is 5. The number of benzene rings is 1. The predicted octanol–water partition coefficient (Wildman–Crippen LogP) is 1.93. The molecule has 0 saturated carbocycles. The second-order valence-corrected chi connectivity index (χ2v) is 4.60. The van der Waals surface area contributed by atoms with Crippen molar-refractivity contribution in [3.8, 4) is 0 Å². The molecule has 0 aliphatic carbocycles. The smallest absolute Gasteiger partial charge is 0.0479 e. The van der Waals surface area contributed by atoms with Crippen LogP contribution in [0.2, 0.25) is 0 Å². The van der Waals surface area contributed by atoms with Crippen LogP contribution >= 0.6 is 0 Å². The lowest BCUT2D eigenvalue weighted by molar-refractivity contribution is 0.196. The van der Waals surface area contributed by atoms with Gasteiger partial charge in [0.1, 0.15) is 0 Å². The number of anilines is 1. The number of fused-ring (bicyclic) bond motifs is 1. The molecule has 1 aliphatic heterocycles. The van der Waals surface area contributed by atoms with Gasteiger partial charge in [-0.2, -0.15) is 0 Å². The molecule has 0 radical (unpaired) electrons. The summed E-state index contributed by atoms with van der Waals surface area (Å²) in [5, 5.41) is 0. The normalized spacial score (nSPS) is 14.8. The second-order valence-electron chi connectivity index (χ2n) is 4.60. The van der Waals surface area contributed by atoms with Gasteiger partial charge in [0.2, 0.25) is 0 Å². The lowest BCUT2D eigenvalue weighted by Crippen LogP contribution is -2.31. The maximum Gasteiger partial charge on any atom is 0.0479 e. The summed E-state index contributed by atoms with van der Waals surface area (Å²) in [6, 6.07) is 6.63. The lowest BCUT2D eigenvalue weighted by Gasteiger charge is -2.31. The highest BCUT2D eigenvalue weighted by atomic mass is 16.5. The van der Waals surface area contributed by atoms with Crippen molar-refractivity contribution in [2.75, 3.05) is 31.7 Å². The van der Waals surface area contributed by atoms with Crippen LogP contribution < -0.4 is 10.6 Å². The highest BCUT2D eigenvalue weighted by Gasteiger charge is 2.16. The molecule has 1 aromatic carbocycles. The van der Waals surface area contributed by atoms with Crippen LogP contribution in [0.15, 0.2) is 18.2 Å². The average Bonchev–Trinajstić information content (AvgIpc) is 2.38. The molecule has 17 heavy (non-hydrogen) atoms. The Morgan fingerprint density at radius 2 is 2.29 bits per heavy atom. The van der Waals surface area contributed by atoms with Crippen LogP contribution in [0.1, 0.15) is 24.0 Å². The summed E-state index contributed by atoms with van der Waals surface area (Å²) in [6.07, 6.45) is 3.52. The first-order valence-corrected chi connectivity index (χ1v) is 6.41. The molecular formula is C14H22N2O. The molecule has 0 aromatic heterocycles. The van der Waals surface area contributed by atoms with E-state index in [0.29, 0.717) is 6.54 Å². The molecule has 1 aliphatic rings. The third-order valence-electron chi connectivity index (χ3n) is 3.37. The maximum absolute atomic E-state index is 5.69. The number of nitrogens with two attached hydrogens (primary N) is 1. The van der Waals surface area contributed by atoms with Crippen molar-refractivity contribution in [3.05, 3.63) is 29.3 Å². The summed E-state index contributed by atoms with van der Waals surface area (Å²) in [5.41, 5.74) is 9.77. The SMILES string of the molecule is COCCCN1CCCc2cc(CN)ccc21. The van der Waals surface area contributed by atoms with Gasteiger partial charge in [0.15, 0.2) is 0 Å². The number of methoxy groups -OCH3 is 1. The summed E-state index contributed by atoms with van der Waals surface area (Å²) in [7, 11) is 1.76. The van der Waals surface area contributed by atoms with Gasteiger partial charge in [0.25, 0.3) is 0 Å². The Kier molecular flexibility index (Phi) is 4.40. The number of nitrogens with zero attached hydrogens (tertiary/aromatic N) is 1. The molecule has 3 nitrogen and oxygen atoms in total. The molecule has 0 unspecified atom stereocenters. The van der Waals surface area contributed by atoms with Crippen molar-refractivity contribution in [1.82, 2.24) is 0 Å². The van der Waals surface area contributed by atoms with Crippen LogP contribution in [0.5, 0.6) is 0 Å². The number of hydrogen-bond donors (Lipinski definition) is 1. The van der Waals surface area contributed by atoms with E-state index < -0.39 is 0 Å². The highest BCUT2D eigenvalue weighted by molar-refractivity contribution is 5.56. The summed E-state index contributed by atoms with van der Waals surface area (Å²) in [6.45, 7) is 3.73. The van der Waals surface area contributed by atoms with Crippen molar-refractivity contribution in [2.24, 2.45) is 5.73 Å². The third kappa shape index (κ3) is 2.99. The molecule has 1 heterocycles. The summed E-state index contributed by atoms with van der Waals surface area (Å²) >= 11 is 0. The average molecular weight is 234 g/mol. The number of aryl methyl sites for hydroxylation is 1. The van der Waals surface area contributed by atoms with E-state index in [2.05, 4.69) is 23.1 Å². The van der Waals surface area contributed by atoms with Gasteiger partial charge in [0.05, 0.1) is 0 Å². The zero-order chi connectivity index (χ0) is 12.1. The molecule has 0 spiro atoms. The molecule has 3 heteroatoms. The van der Waals surface area contributed by atoms with Gasteiger partial charge in [-0.1, -0.05) is 12.1 Å². The van der Waals surface area contributed by atoms with Crippen LogP contribution in [-0.4, -0.2) is 26.8 Å². The van der Waals surface area contributed by atoms with Crippen LogP contribution in [0.25, 0.3) is 0 Å². The zero-order valence-electron chi connectivity index (χ0n) is 10.6. The molecule has 2 rings (SSSR count). The molecule has 1 aromatic rings. The van der Waals surface area contributed by atoms with Crippen LogP contribution in [0.4, 0.5) is 5.69 Å². The largest absolute Gasteiger partial charge is 0.385 e. The molecule has 94 valence electrons. The fraction of sp³-hybridized carbons (Fsp3) is 0.571. The van der Waals surface area contributed by atoms with Gasteiger partial charge in [-0.25, -0.2) is 0 Å². The number of hydrogen-bond acceptors (Lipinski definition) is 3. The van der Waals surface area contributed by atoms with Crippen molar-refractivity contribution in [1.29, 1.82) is 0 Å². The molecule has 0 atom stereocenters. The van der Waals surface area contributed by atoms with E-state index in [4.69, 9.17) is 10.5 Å². The van der Waals surface area contributed by atoms with E-state index in [-0.39, 0.29) is 0 Å². The quantitative estimate of drug-likeness (QED) is 0.791. The van der Waals surface area contributed by atoms with Gasteiger partial charge in [0, 0.05) is 39.0 Å². The van der Waals surface area contributed by atoms with Crippen molar-refractivity contribution >= 4 is 5.69 Å². The van der Waals surface area contributed by atoms with Gasteiger partial charge < -0.3 is 15.4 Å². The Balaban J connectivity index is 2.08. The predicted molar refractivity (Wildman–Crippen MR) is 71.4 cm³/mol. The van der Waals surface area contributed by atoms with E-state index in [1.54, 1.807) is 7.11 Å². The summed E-state index contributed by atoms with van der Waals surface area (Å²) < 4.78 is 5.11. The van der Waals surface area contributed by atoms with Crippen molar-refractivity contribution in [3.63, 3.8) is 0 Å². The minimum atomic E-state index is 0.636. The van der Waals surface area contributed by atoms with Crippen molar-refractivity contribution < 1.29 is 4.74 Å². The van der Waals surface area contributed by atoms with Gasteiger partial charge in [-0.05, 0) is 36.5 Å². The Morgan fingerprint density at radius 3 is 3.06 bits per heavy atom. The number of ether oxygens (including phenoxy) is 1. The Hall–Kier alpha value is -1.06. The van der Waals surface area contributed by atoms with E-state index >= 15 is 0 Å². The van der Waals surface area contributed by atoms with E-state index in [1.807, 2.05) is 0 Å². The molecule has 2 N–H and O–H groups in total. The zero-order valence-corrected chi connectivity index (χ0v) is 10.6. The molecule has 0 fully saturated rings. The summed E-state index contributed by atoms with van der Waals surface area (Å²) in [5.74, 6) is 0. The van der Waals surface area contributed by atoms with Crippen LogP contribution in [-0.2, 0) is 17.7 Å². The third-order valence-corrected chi connectivity index (χ3v) is 3.37. The second kappa shape index (κ2) is 6.03. The standard InChI is InChI=1S/C14H22N2O/c1-17-9-3-8-16-7-2-4-13-10-12(11-15)5-6-14(13)16/h5-6,10H,2-4,7-9,11,15H2,1H3. The topological polar surface area (TPSA) is 38.5 Å². The Morgan fingerprint density at radius 1 is 1.41 bits per heavy atom. The first-order valence-electron chi connectivity index (χ1n) is 6.41. The van der Waals surface area contributed by atoms with Gasteiger partial charge in [-0.3, -0.25) is 0 Å². The van der Waals surface area contributed by atoms with Crippen LogP contribution in [0, 0.1) is 0 Å². The first-order chi connectivity index (χ1) is 8.35. The summed E-state index contributed by atoms with van der Waals surface area (Å²) in [4.78, 5) is 2.47. The molecule has 0 amide bonds. The van der Waals surface area contributed by atoms with Gasteiger partial charge >= 0.3 is 0 Å². The molecule has 0 bridgehead atoms. The van der Waals surface area contributed by atoms with Gasteiger partial charge in [-0.15, -0.1) is 0 Å².